The molecule has 2 saturated heterocycles. The van der Waals surface area contributed by atoms with E-state index in [-0.39, 0.29) is 5.54 Å². The number of hydrogen-bond acceptors (Lipinski definition) is 6. The lowest BCUT2D eigenvalue weighted by Gasteiger charge is -2.55. The standard InChI is InChI=1S/C21H26ClN5O/c1-20(2,3)27-14-25(8-15-6-4-5-7-16(15)22)18-17(27)19(24-13-23-18)26-9-21(10-26)11-28-12-21/h4-7,13H,8-12,14H2,1-3H3. The Morgan fingerprint density at radius 1 is 1.11 bits per heavy atom. The average molecular weight is 400 g/mol. The molecule has 0 aliphatic carbocycles. The number of aromatic nitrogens is 2. The second-order valence-electron chi connectivity index (χ2n) is 9.25. The maximum absolute atomic E-state index is 6.43. The first kappa shape index (κ1) is 18.0. The summed E-state index contributed by atoms with van der Waals surface area (Å²) in [5, 5.41) is 0.794. The van der Waals surface area contributed by atoms with Gasteiger partial charge in [-0.25, -0.2) is 9.97 Å². The third-order valence-corrected chi connectivity index (χ3v) is 6.33. The van der Waals surface area contributed by atoms with Gasteiger partial charge in [0.05, 0.1) is 25.3 Å². The molecule has 1 spiro atoms. The quantitative estimate of drug-likeness (QED) is 0.786. The molecule has 0 unspecified atom stereocenters. The van der Waals surface area contributed by atoms with Gasteiger partial charge in [0.1, 0.15) is 12.0 Å². The van der Waals surface area contributed by atoms with E-state index in [4.69, 9.17) is 21.3 Å². The third kappa shape index (κ3) is 2.81. The molecule has 1 aromatic heterocycles. The molecule has 2 fully saturated rings. The van der Waals surface area contributed by atoms with E-state index in [2.05, 4.69) is 46.5 Å². The topological polar surface area (TPSA) is 44.7 Å². The van der Waals surface area contributed by atoms with Gasteiger partial charge in [-0.2, -0.15) is 0 Å². The zero-order valence-corrected chi connectivity index (χ0v) is 17.4. The number of rotatable bonds is 3. The Bertz CT molecular complexity index is 900. The smallest absolute Gasteiger partial charge is 0.159 e. The number of benzene rings is 1. The molecular formula is C21H26ClN5O. The van der Waals surface area contributed by atoms with E-state index >= 15 is 0 Å². The SMILES string of the molecule is CC(C)(C)N1CN(Cc2ccccc2Cl)c2ncnc(N3CC4(COC4)C3)c21. The lowest BCUT2D eigenvalue weighted by molar-refractivity contribution is -0.127. The molecular weight excluding hydrogens is 374 g/mol. The Morgan fingerprint density at radius 3 is 2.46 bits per heavy atom. The van der Waals surface area contributed by atoms with Crippen molar-refractivity contribution in [1.82, 2.24) is 9.97 Å². The molecule has 3 aliphatic rings. The fourth-order valence-corrected chi connectivity index (χ4v) is 4.56. The summed E-state index contributed by atoms with van der Waals surface area (Å²) >= 11 is 6.43. The van der Waals surface area contributed by atoms with E-state index in [0.29, 0.717) is 5.41 Å². The predicted octanol–water partition coefficient (Wildman–Crippen LogP) is 3.55. The zero-order chi connectivity index (χ0) is 19.5. The van der Waals surface area contributed by atoms with Crippen molar-refractivity contribution in [3.8, 4) is 0 Å². The van der Waals surface area contributed by atoms with Gasteiger partial charge in [-0.05, 0) is 32.4 Å². The Kier molecular flexibility index (Phi) is 4.00. The van der Waals surface area contributed by atoms with Crippen LogP contribution in [0.15, 0.2) is 30.6 Å². The van der Waals surface area contributed by atoms with Crippen LogP contribution in [0.3, 0.4) is 0 Å². The summed E-state index contributed by atoms with van der Waals surface area (Å²) < 4.78 is 5.44. The molecule has 148 valence electrons. The molecule has 7 heteroatoms. The monoisotopic (exact) mass is 399 g/mol. The molecule has 3 aliphatic heterocycles. The van der Waals surface area contributed by atoms with Gasteiger partial charge in [-0.1, -0.05) is 29.8 Å². The molecule has 6 nitrogen and oxygen atoms in total. The van der Waals surface area contributed by atoms with Crippen molar-refractivity contribution in [3.63, 3.8) is 0 Å². The Balaban J connectivity index is 1.50. The van der Waals surface area contributed by atoms with Crippen molar-refractivity contribution in [2.24, 2.45) is 5.41 Å². The molecule has 0 saturated carbocycles. The van der Waals surface area contributed by atoms with Crippen molar-refractivity contribution < 1.29 is 4.74 Å². The minimum atomic E-state index is -0.0361. The molecule has 28 heavy (non-hydrogen) atoms. The van der Waals surface area contributed by atoms with Crippen molar-refractivity contribution >= 4 is 28.9 Å². The first-order chi connectivity index (χ1) is 13.4. The summed E-state index contributed by atoms with van der Waals surface area (Å²) in [6, 6.07) is 8.03. The van der Waals surface area contributed by atoms with Crippen LogP contribution in [0, 0.1) is 5.41 Å². The molecule has 0 bridgehead atoms. The van der Waals surface area contributed by atoms with E-state index in [9.17, 15) is 0 Å². The highest BCUT2D eigenvalue weighted by Gasteiger charge is 2.51. The molecule has 1 aromatic carbocycles. The lowest BCUT2D eigenvalue weighted by atomic mass is 9.78. The van der Waals surface area contributed by atoms with Gasteiger partial charge >= 0.3 is 0 Å². The van der Waals surface area contributed by atoms with Crippen LogP contribution in [0.2, 0.25) is 5.02 Å². The van der Waals surface area contributed by atoms with Gasteiger partial charge in [-0.3, -0.25) is 0 Å². The van der Waals surface area contributed by atoms with Crippen LogP contribution in [0.4, 0.5) is 17.3 Å². The largest absolute Gasteiger partial charge is 0.380 e. The van der Waals surface area contributed by atoms with E-state index in [1.165, 1.54) is 0 Å². The van der Waals surface area contributed by atoms with E-state index < -0.39 is 0 Å². The van der Waals surface area contributed by atoms with E-state index in [1.54, 1.807) is 6.33 Å². The summed E-state index contributed by atoms with van der Waals surface area (Å²) in [4.78, 5) is 16.5. The van der Waals surface area contributed by atoms with Gasteiger partial charge < -0.3 is 19.4 Å². The predicted molar refractivity (Wildman–Crippen MR) is 112 cm³/mol. The first-order valence-electron chi connectivity index (χ1n) is 9.80. The summed E-state index contributed by atoms with van der Waals surface area (Å²) in [5.41, 5.74) is 2.56. The Morgan fingerprint density at radius 2 is 1.82 bits per heavy atom. The second kappa shape index (κ2) is 6.22. The fraction of sp³-hybridized carbons (Fsp3) is 0.524. The summed E-state index contributed by atoms with van der Waals surface area (Å²) in [6.07, 6.45) is 1.70. The van der Waals surface area contributed by atoms with Crippen LogP contribution in [-0.4, -0.2) is 48.5 Å². The summed E-state index contributed by atoms with van der Waals surface area (Å²) in [7, 11) is 0. The van der Waals surface area contributed by atoms with Crippen molar-refractivity contribution in [3.05, 3.63) is 41.2 Å². The fourth-order valence-electron chi connectivity index (χ4n) is 4.36. The summed E-state index contributed by atoms with van der Waals surface area (Å²) in [6.45, 7) is 12.0. The maximum Gasteiger partial charge on any atom is 0.159 e. The summed E-state index contributed by atoms with van der Waals surface area (Å²) in [5.74, 6) is 2.03. The molecule has 2 aromatic rings. The van der Waals surface area contributed by atoms with Gasteiger partial charge in [0.15, 0.2) is 11.6 Å². The number of ether oxygens (including phenoxy) is 1. The molecule has 5 rings (SSSR count). The van der Waals surface area contributed by atoms with Crippen LogP contribution >= 0.6 is 11.6 Å². The van der Waals surface area contributed by atoms with E-state index in [1.807, 2.05) is 18.2 Å². The highest BCUT2D eigenvalue weighted by molar-refractivity contribution is 6.31. The second-order valence-corrected chi connectivity index (χ2v) is 9.66. The van der Waals surface area contributed by atoms with Crippen molar-refractivity contribution in [2.75, 3.05) is 47.7 Å². The number of nitrogens with zero attached hydrogens (tertiary/aromatic N) is 5. The number of fused-ring (bicyclic) bond motifs is 1. The minimum absolute atomic E-state index is 0.0361. The normalized spacial score (nSPS) is 20.2. The van der Waals surface area contributed by atoms with Gasteiger partial charge in [0.25, 0.3) is 0 Å². The Hall–Kier alpha value is -2.05. The lowest BCUT2D eigenvalue weighted by Crippen LogP contribution is -2.66. The highest BCUT2D eigenvalue weighted by Crippen LogP contribution is 2.48. The highest BCUT2D eigenvalue weighted by atomic mass is 35.5. The van der Waals surface area contributed by atoms with Crippen LogP contribution in [0.5, 0.6) is 0 Å². The average Bonchev–Trinajstić information content (AvgIpc) is 2.94. The number of halogens is 1. The molecule has 0 amide bonds. The van der Waals surface area contributed by atoms with Gasteiger partial charge in [0.2, 0.25) is 0 Å². The van der Waals surface area contributed by atoms with Crippen LogP contribution < -0.4 is 14.7 Å². The maximum atomic E-state index is 6.43. The minimum Gasteiger partial charge on any atom is -0.380 e. The molecule has 0 atom stereocenters. The van der Waals surface area contributed by atoms with Crippen LogP contribution in [0.25, 0.3) is 0 Å². The Labute approximate surface area is 171 Å². The van der Waals surface area contributed by atoms with Crippen LogP contribution in [-0.2, 0) is 11.3 Å². The number of hydrogen-bond donors (Lipinski definition) is 0. The third-order valence-electron chi connectivity index (χ3n) is 5.96. The molecule has 4 heterocycles. The van der Waals surface area contributed by atoms with Gasteiger partial charge in [-0.15, -0.1) is 0 Å². The van der Waals surface area contributed by atoms with Crippen molar-refractivity contribution in [2.45, 2.75) is 32.9 Å². The van der Waals surface area contributed by atoms with Crippen molar-refractivity contribution in [1.29, 1.82) is 0 Å². The first-order valence-corrected chi connectivity index (χ1v) is 10.2. The van der Waals surface area contributed by atoms with Gasteiger partial charge in [0, 0.05) is 30.2 Å². The zero-order valence-electron chi connectivity index (χ0n) is 16.7. The molecule has 0 radical (unpaired) electrons. The number of anilines is 3. The van der Waals surface area contributed by atoms with E-state index in [0.717, 1.165) is 67.4 Å². The van der Waals surface area contributed by atoms with Crippen LogP contribution in [0.1, 0.15) is 26.3 Å². The molecule has 0 N–H and O–H groups in total.